The lowest BCUT2D eigenvalue weighted by molar-refractivity contribution is -0.145. The van der Waals surface area contributed by atoms with E-state index in [-0.39, 0.29) is 19.1 Å². The van der Waals surface area contributed by atoms with Gasteiger partial charge in [-0.1, -0.05) is 13.8 Å². The Kier molecular flexibility index (Phi) is 11.9. The number of anilines is 1. The standard InChI is InChI=1S/C26H32BrN3O7/c1-6-35-21-13-17(12-20(27)24(21)37-15-22(31)36-7-2)14-28-30-26(33)23(16(3)4)25(32)29-18-8-10-19(34-5)11-9-18/h8-14,16,23H,6-7,15H2,1-5H3,(H,29,32)(H,30,33). The summed E-state index contributed by atoms with van der Waals surface area (Å²) in [6.45, 7) is 7.42. The third-order valence-corrected chi connectivity index (χ3v) is 5.54. The Morgan fingerprint density at radius 1 is 1.03 bits per heavy atom. The molecule has 0 aliphatic carbocycles. The van der Waals surface area contributed by atoms with Crippen LogP contribution in [0, 0.1) is 11.8 Å². The maximum absolute atomic E-state index is 12.8. The van der Waals surface area contributed by atoms with Gasteiger partial charge < -0.3 is 24.3 Å². The Labute approximate surface area is 224 Å². The van der Waals surface area contributed by atoms with E-state index in [1.165, 1.54) is 6.21 Å². The maximum atomic E-state index is 12.8. The molecule has 0 saturated carbocycles. The summed E-state index contributed by atoms with van der Waals surface area (Å²) in [6.07, 6.45) is 1.42. The molecule has 0 aliphatic heterocycles. The van der Waals surface area contributed by atoms with Crippen molar-refractivity contribution in [3.05, 3.63) is 46.4 Å². The van der Waals surface area contributed by atoms with Crippen molar-refractivity contribution >= 4 is 45.6 Å². The molecule has 0 fully saturated rings. The SMILES string of the molecule is CCOC(=O)COc1c(Br)cc(C=NNC(=O)C(C(=O)Nc2ccc(OC)cc2)C(C)C)cc1OCC. The molecule has 0 aromatic heterocycles. The summed E-state index contributed by atoms with van der Waals surface area (Å²) in [5, 5.41) is 6.77. The van der Waals surface area contributed by atoms with E-state index in [0.29, 0.717) is 39.6 Å². The van der Waals surface area contributed by atoms with Crippen LogP contribution in [-0.4, -0.2) is 50.9 Å². The number of carbonyl (C=O) groups excluding carboxylic acids is 3. The van der Waals surface area contributed by atoms with Crippen LogP contribution in [0.25, 0.3) is 0 Å². The van der Waals surface area contributed by atoms with Gasteiger partial charge in [0.15, 0.2) is 18.1 Å². The van der Waals surface area contributed by atoms with Gasteiger partial charge in [0.1, 0.15) is 11.7 Å². The predicted octanol–water partition coefficient (Wildman–Crippen LogP) is 4.16. The highest BCUT2D eigenvalue weighted by molar-refractivity contribution is 9.10. The lowest BCUT2D eigenvalue weighted by Crippen LogP contribution is -2.39. The number of amides is 2. The molecule has 200 valence electrons. The number of halogens is 1. The number of hydrazone groups is 1. The minimum Gasteiger partial charge on any atom is -0.497 e. The molecule has 11 heteroatoms. The zero-order valence-corrected chi connectivity index (χ0v) is 23.1. The van der Waals surface area contributed by atoms with Gasteiger partial charge in [0.25, 0.3) is 5.91 Å². The fraction of sp³-hybridized carbons (Fsp3) is 0.385. The third-order valence-electron chi connectivity index (χ3n) is 4.95. The third kappa shape index (κ3) is 9.09. The molecule has 2 rings (SSSR count). The van der Waals surface area contributed by atoms with Crippen molar-refractivity contribution in [1.29, 1.82) is 0 Å². The first-order valence-electron chi connectivity index (χ1n) is 11.7. The Morgan fingerprint density at radius 2 is 1.73 bits per heavy atom. The molecule has 0 radical (unpaired) electrons. The predicted molar refractivity (Wildman–Crippen MR) is 143 cm³/mol. The molecule has 0 aliphatic rings. The van der Waals surface area contributed by atoms with E-state index >= 15 is 0 Å². The van der Waals surface area contributed by atoms with Crippen molar-refractivity contribution in [1.82, 2.24) is 5.43 Å². The molecule has 0 spiro atoms. The molecule has 10 nitrogen and oxygen atoms in total. The number of benzene rings is 2. The van der Waals surface area contributed by atoms with Crippen LogP contribution in [0.3, 0.4) is 0 Å². The molecule has 0 bridgehead atoms. The van der Waals surface area contributed by atoms with Gasteiger partial charge in [-0.2, -0.15) is 5.10 Å². The number of esters is 1. The molecule has 2 aromatic carbocycles. The highest BCUT2D eigenvalue weighted by Crippen LogP contribution is 2.36. The van der Waals surface area contributed by atoms with Crippen molar-refractivity contribution < 1.29 is 33.3 Å². The lowest BCUT2D eigenvalue weighted by Gasteiger charge is -2.18. The van der Waals surface area contributed by atoms with Crippen molar-refractivity contribution in [3.8, 4) is 17.2 Å². The minimum atomic E-state index is -0.969. The van der Waals surface area contributed by atoms with Crippen LogP contribution in [0.5, 0.6) is 17.2 Å². The van der Waals surface area contributed by atoms with E-state index in [0.717, 1.165) is 0 Å². The molecule has 2 amide bonds. The first kappa shape index (κ1) is 29.6. The monoisotopic (exact) mass is 577 g/mol. The zero-order valence-electron chi connectivity index (χ0n) is 21.5. The van der Waals surface area contributed by atoms with Gasteiger partial charge in [-0.25, -0.2) is 10.2 Å². The Morgan fingerprint density at radius 3 is 2.32 bits per heavy atom. The first-order valence-corrected chi connectivity index (χ1v) is 12.5. The first-order chi connectivity index (χ1) is 17.7. The van der Waals surface area contributed by atoms with Crippen molar-refractivity contribution in [2.75, 3.05) is 32.2 Å². The van der Waals surface area contributed by atoms with E-state index in [4.69, 9.17) is 18.9 Å². The van der Waals surface area contributed by atoms with Gasteiger partial charge in [0.2, 0.25) is 5.91 Å². The van der Waals surface area contributed by atoms with Crippen LogP contribution in [-0.2, 0) is 19.1 Å². The summed E-state index contributed by atoms with van der Waals surface area (Å²) in [7, 11) is 1.55. The normalized spacial score (nSPS) is 11.6. The summed E-state index contributed by atoms with van der Waals surface area (Å²) in [6, 6.07) is 10.2. The van der Waals surface area contributed by atoms with E-state index in [2.05, 4.69) is 31.8 Å². The summed E-state index contributed by atoms with van der Waals surface area (Å²) >= 11 is 3.41. The molecule has 1 atom stereocenters. The number of hydrogen-bond acceptors (Lipinski definition) is 8. The lowest BCUT2D eigenvalue weighted by atomic mass is 9.94. The molecule has 2 N–H and O–H groups in total. The quantitative estimate of drug-likeness (QED) is 0.158. The number of hydrogen-bond donors (Lipinski definition) is 2. The Bertz CT molecular complexity index is 1100. The Balaban J connectivity index is 2.10. The highest BCUT2D eigenvalue weighted by Gasteiger charge is 2.30. The van der Waals surface area contributed by atoms with Gasteiger partial charge in [0.05, 0.1) is 31.0 Å². The van der Waals surface area contributed by atoms with Crippen molar-refractivity contribution in [3.63, 3.8) is 0 Å². The molecule has 37 heavy (non-hydrogen) atoms. The van der Waals surface area contributed by atoms with Crippen LogP contribution >= 0.6 is 15.9 Å². The summed E-state index contributed by atoms with van der Waals surface area (Å²) in [5.74, 6) is -1.36. The second-order valence-corrected chi connectivity index (χ2v) is 8.88. The average Bonchev–Trinajstić information content (AvgIpc) is 2.84. The van der Waals surface area contributed by atoms with Crippen molar-refractivity contribution in [2.45, 2.75) is 27.7 Å². The summed E-state index contributed by atoms with van der Waals surface area (Å²) in [5.41, 5.74) is 3.57. The number of ether oxygens (including phenoxy) is 4. The topological polar surface area (TPSA) is 125 Å². The highest BCUT2D eigenvalue weighted by atomic mass is 79.9. The fourth-order valence-electron chi connectivity index (χ4n) is 3.26. The number of carbonyl (C=O) groups is 3. The molecular formula is C26H32BrN3O7. The number of methoxy groups -OCH3 is 1. The van der Waals surface area contributed by atoms with Crippen LogP contribution in [0.4, 0.5) is 5.69 Å². The summed E-state index contributed by atoms with van der Waals surface area (Å²) < 4.78 is 21.7. The van der Waals surface area contributed by atoms with Gasteiger partial charge in [-0.05, 0) is 77.7 Å². The van der Waals surface area contributed by atoms with E-state index in [9.17, 15) is 14.4 Å². The fourth-order valence-corrected chi connectivity index (χ4v) is 3.83. The van der Waals surface area contributed by atoms with Gasteiger partial charge in [0, 0.05) is 5.69 Å². The molecule has 0 saturated heterocycles. The number of nitrogens with one attached hydrogen (secondary N) is 2. The van der Waals surface area contributed by atoms with Crippen LogP contribution in [0.15, 0.2) is 46.0 Å². The largest absolute Gasteiger partial charge is 0.497 e. The molecule has 2 aromatic rings. The second kappa shape index (κ2) is 14.8. The molecule has 1 unspecified atom stereocenters. The average molecular weight is 578 g/mol. The van der Waals surface area contributed by atoms with E-state index in [1.54, 1.807) is 64.3 Å². The van der Waals surface area contributed by atoms with Crippen LogP contribution in [0.2, 0.25) is 0 Å². The Hall–Kier alpha value is -3.60. The number of rotatable bonds is 13. The minimum absolute atomic E-state index is 0.254. The van der Waals surface area contributed by atoms with Gasteiger partial charge in [-0.15, -0.1) is 0 Å². The van der Waals surface area contributed by atoms with Crippen LogP contribution < -0.4 is 25.0 Å². The smallest absolute Gasteiger partial charge is 0.344 e. The summed E-state index contributed by atoms with van der Waals surface area (Å²) in [4.78, 5) is 37.3. The van der Waals surface area contributed by atoms with Crippen molar-refractivity contribution in [2.24, 2.45) is 16.9 Å². The zero-order chi connectivity index (χ0) is 27.4. The van der Waals surface area contributed by atoms with Crippen LogP contribution in [0.1, 0.15) is 33.3 Å². The molecular weight excluding hydrogens is 546 g/mol. The number of nitrogens with zero attached hydrogens (tertiary/aromatic N) is 1. The maximum Gasteiger partial charge on any atom is 0.344 e. The van der Waals surface area contributed by atoms with Gasteiger partial charge >= 0.3 is 5.97 Å². The molecule has 0 heterocycles. The van der Waals surface area contributed by atoms with Gasteiger partial charge in [-0.3, -0.25) is 9.59 Å². The van der Waals surface area contributed by atoms with E-state index < -0.39 is 23.7 Å². The van der Waals surface area contributed by atoms with E-state index in [1.807, 2.05) is 6.92 Å². The second-order valence-electron chi connectivity index (χ2n) is 8.03.